The summed E-state index contributed by atoms with van der Waals surface area (Å²) in [5, 5.41) is 102. The highest BCUT2D eigenvalue weighted by Crippen LogP contribution is 2.34. The molecule has 3 aliphatic heterocycles. The minimum Gasteiger partial charge on any atom is -0.394 e. The number of hydrogen-bond donors (Lipinski definition) is 10. The maximum absolute atomic E-state index is 11.1. The number of aliphatic hydroxyl groups is 10. The fourth-order valence-corrected chi connectivity index (χ4v) is 4.90. The maximum atomic E-state index is 11.1. The monoisotopic (exact) mass is 594 g/mol. The van der Waals surface area contributed by atoms with Gasteiger partial charge in [0.2, 0.25) is 0 Å². The second kappa shape index (κ2) is 14.4. The highest BCUT2D eigenvalue weighted by molar-refractivity contribution is 5.13. The summed E-state index contributed by atoms with van der Waals surface area (Å²) >= 11 is 0. The predicted molar refractivity (Wildman–Crippen MR) is 130 cm³/mol. The topological polar surface area (TPSA) is 258 Å². The van der Waals surface area contributed by atoms with Crippen LogP contribution in [0, 0.1) is 0 Å². The van der Waals surface area contributed by atoms with Crippen LogP contribution in [0.1, 0.15) is 5.56 Å². The van der Waals surface area contributed by atoms with Crippen LogP contribution in [-0.2, 0) is 35.0 Å². The Morgan fingerprint density at radius 1 is 0.512 bits per heavy atom. The first-order chi connectivity index (χ1) is 19.6. The van der Waals surface area contributed by atoms with E-state index in [2.05, 4.69) is 0 Å². The Labute approximate surface area is 234 Å². The van der Waals surface area contributed by atoms with E-state index in [-0.39, 0.29) is 6.61 Å². The molecule has 3 heterocycles. The molecule has 0 unspecified atom stereocenters. The fraction of sp³-hybridized carbons (Fsp3) is 0.760. The van der Waals surface area contributed by atoms with Crippen LogP contribution < -0.4 is 0 Å². The number of benzene rings is 1. The van der Waals surface area contributed by atoms with Gasteiger partial charge < -0.3 is 79.5 Å². The van der Waals surface area contributed by atoms with Crippen LogP contribution >= 0.6 is 0 Å². The van der Waals surface area contributed by atoms with Crippen LogP contribution in [0.3, 0.4) is 0 Å². The third kappa shape index (κ3) is 7.05. The molecule has 0 amide bonds. The second-order valence-corrected chi connectivity index (χ2v) is 10.1. The molecule has 0 spiro atoms. The van der Waals surface area contributed by atoms with Crippen molar-refractivity contribution in [1.82, 2.24) is 0 Å². The van der Waals surface area contributed by atoms with Gasteiger partial charge in [-0.1, -0.05) is 30.3 Å². The van der Waals surface area contributed by atoms with Gasteiger partial charge in [0.25, 0.3) is 0 Å². The lowest BCUT2D eigenvalue weighted by Crippen LogP contribution is -2.67. The molecule has 1 aromatic carbocycles. The first kappa shape index (κ1) is 32.5. The molecule has 1 aromatic rings. The molecule has 16 nitrogen and oxygen atoms in total. The van der Waals surface area contributed by atoms with Crippen LogP contribution in [0.5, 0.6) is 0 Å². The third-order valence-electron chi connectivity index (χ3n) is 7.33. The van der Waals surface area contributed by atoms with Crippen LogP contribution in [0.15, 0.2) is 30.3 Å². The van der Waals surface area contributed by atoms with E-state index in [4.69, 9.17) is 28.4 Å². The molecule has 0 saturated carbocycles. The van der Waals surface area contributed by atoms with Crippen molar-refractivity contribution < 1.29 is 79.5 Å². The van der Waals surface area contributed by atoms with Crippen molar-refractivity contribution in [3.8, 4) is 0 Å². The van der Waals surface area contributed by atoms with Crippen LogP contribution in [0.2, 0.25) is 0 Å². The van der Waals surface area contributed by atoms with Crippen molar-refractivity contribution in [1.29, 1.82) is 0 Å². The zero-order valence-corrected chi connectivity index (χ0v) is 21.8. The summed E-state index contributed by atoms with van der Waals surface area (Å²) in [4.78, 5) is 0. The Balaban J connectivity index is 1.64. The lowest BCUT2D eigenvalue weighted by atomic mass is 9.96. The number of rotatable bonds is 10. The van der Waals surface area contributed by atoms with Crippen molar-refractivity contribution in [2.45, 2.75) is 98.7 Å². The van der Waals surface area contributed by atoms with Crippen molar-refractivity contribution in [2.75, 3.05) is 19.8 Å². The van der Waals surface area contributed by atoms with Crippen LogP contribution in [0.25, 0.3) is 0 Å². The van der Waals surface area contributed by atoms with Gasteiger partial charge in [0.05, 0.1) is 26.4 Å². The average Bonchev–Trinajstić information content (AvgIpc) is 2.99. The molecule has 41 heavy (non-hydrogen) atoms. The molecule has 0 aromatic heterocycles. The van der Waals surface area contributed by atoms with Gasteiger partial charge in [-0.2, -0.15) is 0 Å². The number of hydrogen-bond acceptors (Lipinski definition) is 16. The van der Waals surface area contributed by atoms with Crippen molar-refractivity contribution >= 4 is 0 Å². The molecular weight excluding hydrogens is 556 g/mol. The highest BCUT2D eigenvalue weighted by atomic mass is 16.8. The SMILES string of the molecule is OC[C@@H]1O[C@H](O[C@H]2[C@H](OCc3ccccc3)O[C@H](CO)[C@H](O)[C@@H]2O[C@H]2O[C@H](CO)[C@@H](O)[C@H](O)[C@H]2O)[C@H](O)[C@@H](O)[C@@H]1O. The van der Waals surface area contributed by atoms with Gasteiger partial charge in [-0.05, 0) is 5.56 Å². The highest BCUT2D eigenvalue weighted by Gasteiger charge is 2.54. The Hall–Kier alpha value is -1.42. The molecule has 3 saturated heterocycles. The van der Waals surface area contributed by atoms with E-state index in [1.165, 1.54) is 0 Å². The maximum Gasteiger partial charge on any atom is 0.187 e. The van der Waals surface area contributed by atoms with Gasteiger partial charge in [-0.25, -0.2) is 0 Å². The molecule has 16 heteroatoms. The lowest BCUT2D eigenvalue weighted by Gasteiger charge is -2.49. The quantitative estimate of drug-likeness (QED) is 0.121. The summed E-state index contributed by atoms with van der Waals surface area (Å²) < 4.78 is 34.2. The summed E-state index contributed by atoms with van der Waals surface area (Å²) in [5.41, 5.74) is 0.695. The summed E-state index contributed by atoms with van der Waals surface area (Å²) in [6, 6.07) is 8.79. The van der Waals surface area contributed by atoms with E-state index in [0.29, 0.717) is 5.56 Å². The molecule has 3 fully saturated rings. The average molecular weight is 595 g/mol. The van der Waals surface area contributed by atoms with Crippen molar-refractivity contribution in [3.05, 3.63) is 35.9 Å². The molecule has 0 aliphatic carbocycles. The van der Waals surface area contributed by atoms with E-state index in [9.17, 15) is 51.1 Å². The fourth-order valence-electron chi connectivity index (χ4n) is 4.90. The van der Waals surface area contributed by atoms with Gasteiger partial charge >= 0.3 is 0 Å². The smallest absolute Gasteiger partial charge is 0.187 e. The second-order valence-electron chi connectivity index (χ2n) is 10.1. The van der Waals surface area contributed by atoms with E-state index >= 15 is 0 Å². The first-order valence-electron chi connectivity index (χ1n) is 13.1. The predicted octanol–water partition coefficient (Wildman–Crippen LogP) is -5.35. The normalized spacial score (nSPS) is 45.5. The third-order valence-corrected chi connectivity index (χ3v) is 7.33. The summed E-state index contributed by atoms with van der Waals surface area (Å²) in [6.07, 6.45) is -24.6. The standard InChI is InChI=1S/C25H38O16/c26-6-11-14(29)17(32)19(34)23(37-11)40-21-16(31)13(8-28)39-25(36-9-10-4-2-1-3-5-10)22(21)41-24-20(35)18(33)15(30)12(7-27)38-24/h1-5,11-35H,6-9H2/t11-,12+,13-,14-,15-,16+,17+,18+,19-,20-,21+,22-,23-,24-,25-/m1/s1. The van der Waals surface area contributed by atoms with E-state index in [1.54, 1.807) is 30.3 Å². The zero-order valence-electron chi connectivity index (χ0n) is 21.8. The zero-order chi connectivity index (χ0) is 29.8. The largest absolute Gasteiger partial charge is 0.394 e. The Bertz CT molecular complexity index is 922. The van der Waals surface area contributed by atoms with Gasteiger partial charge in [-0.15, -0.1) is 0 Å². The Kier molecular flexibility index (Phi) is 11.4. The van der Waals surface area contributed by atoms with Gasteiger partial charge in [-0.3, -0.25) is 0 Å². The van der Waals surface area contributed by atoms with Gasteiger partial charge in [0, 0.05) is 0 Å². The van der Waals surface area contributed by atoms with Gasteiger partial charge in [0.15, 0.2) is 18.9 Å². The molecule has 15 atom stereocenters. The number of aliphatic hydroxyl groups excluding tert-OH is 10. The summed E-state index contributed by atoms with van der Waals surface area (Å²) in [5.74, 6) is 0. The van der Waals surface area contributed by atoms with Crippen LogP contribution in [0.4, 0.5) is 0 Å². The molecule has 234 valence electrons. The molecule has 3 aliphatic rings. The van der Waals surface area contributed by atoms with E-state index < -0.39 is 112 Å². The molecule has 0 bridgehead atoms. The summed E-state index contributed by atoms with van der Waals surface area (Å²) in [6.45, 7) is -2.30. The Morgan fingerprint density at radius 3 is 1.44 bits per heavy atom. The lowest BCUT2D eigenvalue weighted by molar-refractivity contribution is -0.393. The molecular formula is C25H38O16. The van der Waals surface area contributed by atoms with Crippen molar-refractivity contribution in [3.63, 3.8) is 0 Å². The summed E-state index contributed by atoms with van der Waals surface area (Å²) in [7, 11) is 0. The minimum atomic E-state index is -1.87. The Morgan fingerprint density at radius 2 is 0.951 bits per heavy atom. The van der Waals surface area contributed by atoms with E-state index in [1.807, 2.05) is 0 Å². The number of ether oxygens (including phenoxy) is 6. The molecule has 10 N–H and O–H groups in total. The van der Waals surface area contributed by atoms with Gasteiger partial charge in [0.1, 0.15) is 73.2 Å². The van der Waals surface area contributed by atoms with Crippen molar-refractivity contribution in [2.24, 2.45) is 0 Å². The molecule has 0 radical (unpaired) electrons. The first-order valence-corrected chi connectivity index (χ1v) is 13.1. The van der Waals surface area contributed by atoms with Crippen LogP contribution in [-0.4, -0.2) is 163 Å². The van der Waals surface area contributed by atoms with E-state index in [0.717, 1.165) is 0 Å². The minimum absolute atomic E-state index is 0.0684. The molecule has 4 rings (SSSR count).